The zero-order valence-electron chi connectivity index (χ0n) is 20.5. The molecule has 0 aromatic heterocycles. The summed E-state index contributed by atoms with van der Waals surface area (Å²) in [5, 5.41) is 0. The van der Waals surface area contributed by atoms with E-state index in [0.29, 0.717) is 19.6 Å². The van der Waals surface area contributed by atoms with Crippen LogP contribution < -0.4 is 9.47 Å². The van der Waals surface area contributed by atoms with Gasteiger partial charge in [-0.1, -0.05) is 60.7 Å². The van der Waals surface area contributed by atoms with Crippen molar-refractivity contribution in [3.63, 3.8) is 0 Å². The average Bonchev–Trinajstić information content (AvgIpc) is 2.89. The molecule has 0 aliphatic rings. The second-order valence-electron chi connectivity index (χ2n) is 8.12. The molecule has 184 valence electrons. The van der Waals surface area contributed by atoms with E-state index in [9.17, 15) is 4.79 Å². The molecule has 3 rings (SSSR count). The predicted octanol–water partition coefficient (Wildman–Crippen LogP) is 6.27. The maximum atomic E-state index is 11.9. The van der Waals surface area contributed by atoms with E-state index >= 15 is 0 Å². The van der Waals surface area contributed by atoms with Crippen LogP contribution in [-0.2, 0) is 20.7 Å². The number of hydrogen-bond donors (Lipinski definition) is 0. The van der Waals surface area contributed by atoms with Crippen molar-refractivity contribution in [3.8, 4) is 22.6 Å². The second kappa shape index (κ2) is 14.0. The maximum absolute atomic E-state index is 11.9. The van der Waals surface area contributed by atoms with Crippen LogP contribution in [-0.4, -0.2) is 38.5 Å². The van der Waals surface area contributed by atoms with E-state index in [-0.39, 0.29) is 12.1 Å². The minimum Gasteiger partial charge on any atom is -0.493 e. The number of carbonyl (C=O) groups excluding carboxylic acids is 1. The van der Waals surface area contributed by atoms with Crippen molar-refractivity contribution < 1.29 is 23.7 Å². The summed E-state index contributed by atoms with van der Waals surface area (Å²) in [6.07, 6.45) is 3.14. The van der Waals surface area contributed by atoms with Gasteiger partial charge in [-0.25, -0.2) is 4.79 Å². The summed E-state index contributed by atoms with van der Waals surface area (Å²) in [6.45, 7) is 6.49. The van der Waals surface area contributed by atoms with Crippen LogP contribution in [0.3, 0.4) is 0 Å². The smallest absolute Gasteiger partial charge is 0.335 e. The van der Waals surface area contributed by atoms with Gasteiger partial charge in [0.25, 0.3) is 0 Å². The Bertz CT molecular complexity index is 1030. The Labute approximate surface area is 208 Å². The quantitative estimate of drug-likeness (QED) is 0.204. The molecule has 0 saturated carbocycles. The molecule has 3 aromatic carbocycles. The Hall–Kier alpha value is -3.57. The third kappa shape index (κ3) is 8.30. The number of benzene rings is 3. The molecule has 0 aliphatic carbocycles. The monoisotopic (exact) mass is 474 g/mol. The van der Waals surface area contributed by atoms with Crippen molar-refractivity contribution in [1.29, 1.82) is 0 Å². The van der Waals surface area contributed by atoms with Crippen LogP contribution in [0.1, 0.15) is 25.3 Å². The molecule has 0 bridgehead atoms. The first-order valence-electron chi connectivity index (χ1n) is 12.0. The zero-order chi connectivity index (χ0) is 24.9. The minimum atomic E-state index is -0.611. The number of rotatable bonds is 14. The first-order chi connectivity index (χ1) is 17.1. The van der Waals surface area contributed by atoms with Crippen LogP contribution in [0, 0.1) is 0 Å². The van der Waals surface area contributed by atoms with Crippen LogP contribution in [0.4, 0.5) is 0 Å². The zero-order valence-corrected chi connectivity index (χ0v) is 20.5. The normalized spacial score (nSPS) is 12.4. The molecule has 0 N–H and O–H groups in total. The van der Waals surface area contributed by atoms with Crippen LogP contribution in [0.5, 0.6) is 11.5 Å². The van der Waals surface area contributed by atoms with Crippen LogP contribution >= 0.6 is 0 Å². The Kier molecular flexibility index (Phi) is 10.4. The summed E-state index contributed by atoms with van der Waals surface area (Å²) >= 11 is 0. The summed E-state index contributed by atoms with van der Waals surface area (Å²) < 4.78 is 22.4. The van der Waals surface area contributed by atoms with Gasteiger partial charge in [0.05, 0.1) is 13.2 Å². The second-order valence-corrected chi connectivity index (χ2v) is 8.12. The molecule has 2 atom stereocenters. The van der Waals surface area contributed by atoms with E-state index in [1.165, 1.54) is 12.7 Å². The third-order valence-corrected chi connectivity index (χ3v) is 5.58. The fourth-order valence-electron chi connectivity index (χ4n) is 3.70. The Balaban J connectivity index is 1.49. The summed E-state index contributed by atoms with van der Waals surface area (Å²) in [5.41, 5.74) is 3.31. The fraction of sp³-hybridized carbons (Fsp3) is 0.300. The highest BCUT2D eigenvalue weighted by Gasteiger charge is 2.19. The highest BCUT2D eigenvalue weighted by molar-refractivity contribution is 5.75. The number of methoxy groups -OCH3 is 1. The van der Waals surface area contributed by atoms with Gasteiger partial charge < -0.3 is 18.9 Å². The number of carbonyl (C=O) groups is 1. The lowest BCUT2D eigenvalue weighted by molar-refractivity contribution is -0.154. The molecule has 0 spiro atoms. The summed E-state index contributed by atoms with van der Waals surface area (Å²) in [4.78, 5) is 11.9. The van der Waals surface area contributed by atoms with Gasteiger partial charge in [0, 0.05) is 26.4 Å². The fourth-order valence-corrected chi connectivity index (χ4v) is 3.70. The molecule has 0 radical (unpaired) electrons. The molecule has 5 nitrogen and oxygen atoms in total. The van der Waals surface area contributed by atoms with Crippen LogP contribution in [0.15, 0.2) is 91.5 Å². The predicted molar refractivity (Wildman–Crippen MR) is 139 cm³/mol. The molecular formula is C30H34O5. The van der Waals surface area contributed by atoms with Gasteiger partial charge in [0.2, 0.25) is 0 Å². The van der Waals surface area contributed by atoms with Crippen LogP contribution in [0.25, 0.3) is 11.1 Å². The lowest BCUT2D eigenvalue weighted by Gasteiger charge is -2.18. The largest absolute Gasteiger partial charge is 0.493 e. The number of ether oxygens (including phenoxy) is 4. The highest BCUT2D eigenvalue weighted by atomic mass is 16.6. The Morgan fingerprint density at radius 3 is 2.20 bits per heavy atom. The molecule has 35 heavy (non-hydrogen) atoms. The topological polar surface area (TPSA) is 54.0 Å². The molecule has 0 amide bonds. The third-order valence-electron chi connectivity index (χ3n) is 5.58. The van der Waals surface area contributed by atoms with E-state index < -0.39 is 6.10 Å². The van der Waals surface area contributed by atoms with Gasteiger partial charge in [0.1, 0.15) is 17.6 Å². The van der Waals surface area contributed by atoms with E-state index in [0.717, 1.165) is 35.5 Å². The van der Waals surface area contributed by atoms with Crippen molar-refractivity contribution in [2.24, 2.45) is 0 Å². The lowest BCUT2D eigenvalue weighted by atomic mass is 10.1. The average molecular weight is 475 g/mol. The van der Waals surface area contributed by atoms with Gasteiger partial charge >= 0.3 is 5.97 Å². The molecule has 0 heterocycles. The van der Waals surface area contributed by atoms with E-state index in [1.54, 1.807) is 6.92 Å². The lowest BCUT2D eigenvalue weighted by Crippen LogP contribution is -2.27. The highest BCUT2D eigenvalue weighted by Crippen LogP contribution is 2.24. The Morgan fingerprint density at radius 1 is 0.914 bits per heavy atom. The summed E-state index contributed by atoms with van der Waals surface area (Å²) in [7, 11) is 1.51. The van der Waals surface area contributed by atoms with Crippen molar-refractivity contribution in [3.05, 3.63) is 97.1 Å². The molecule has 0 fully saturated rings. The molecular weight excluding hydrogens is 440 g/mol. The van der Waals surface area contributed by atoms with Crippen molar-refractivity contribution in [2.45, 2.75) is 38.4 Å². The Morgan fingerprint density at radius 2 is 1.57 bits per heavy atom. The molecule has 3 aromatic rings. The van der Waals surface area contributed by atoms with Gasteiger partial charge in [-0.05, 0) is 47.9 Å². The van der Waals surface area contributed by atoms with E-state index in [1.807, 2.05) is 60.7 Å². The SMILES string of the molecule is C=CCC(CCOc1ccc(CC(OC)C(=O)OCC)cc1)Oc1ccc(-c2ccccc2)cc1. The van der Waals surface area contributed by atoms with Gasteiger partial charge in [-0.2, -0.15) is 0 Å². The first-order valence-corrected chi connectivity index (χ1v) is 12.0. The van der Waals surface area contributed by atoms with Crippen molar-refractivity contribution in [1.82, 2.24) is 0 Å². The van der Waals surface area contributed by atoms with Crippen molar-refractivity contribution in [2.75, 3.05) is 20.3 Å². The number of esters is 1. The van der Waals surface area contributed by atoms with E-state index in [4.69, 9.17) is 18.9 Å². The van der Waals surface area contributed by atoms with E-state index in [2.05, 4.69) is 30.8 Å². The standard InChI is InChI=1S/C30H34O5/c1-4-9-27(35-28-18-14-25(15-19-28)24-10-7-6-8-11-24)20-21-34-26-16-12-23(13-17-26)22-29(32-3)30(31)33-5-2/h4,6-8,10-19,27,29H,1,5,9,20-22H2,2-3H3. The number of hydrogen-bond acceptors (Lipinski definition) is 5. The maximum Gasteiger partial charge on any atom is 0.335 e. The first kappa shape index (κ1) is 26.0. The summed E-state index contributed by atoms with van der Waals surface area (Å²) in [6, 6.07) is 26.1. The van der Waals surface area contributed by atoms with Crippen LogP contribution in [0.2, 0.25) is 0 Å². The molecule has 2 unspecified atom stereocenters. The molecule has 5 heteroatoms. The van der Waals surface area contributed by atoms with Gasteiger partial charge in [-0.15, -0.1) is 6.58 Å². The van der Waals surface area contributed by atoms with Gasteiger partial charge in [-0.3, -0.25) is 0 Å². The van der Waals surface area contributed by atoms with Gasteiger partial charge in [0.15, 0.2) is 6.10 Å². The molecule has 0 aliphatic heterocycles. The molecule has 0 saturated heterocycles. The minimum absolute atomic E-state index is 0.0265. The van der Waals surface area contributed by atoms with Crippen molar-refractivity contribution >= 4 is 5.97 Å². The summed E-state index contributed by atoms with van der Waals surface area (Å²) in [5.74, 6) is 1.25.